The van der Waals surface area contributed by atoms with Crippen molar-refractivity contribution < 1.29 is 22.4 Å². The lowest BCUT2D eigenvalue weighted by Crippen LogP contribution is -2.49. The highest BCUT2D eigenvalue weighted by atomic mass is 32.2. The van der Waals surface area contributed by atoms with Gasteiger partial charge >= 0.3 is 0 Å². The highest BCUT2D eigenvalue weighted by Crippen LogP contribution is 2.20. The Kier molecular flexibility index (Phi) is 5.92. The van der Waals surface area contributed by atoms with E-state index >= 15 is 0 Å². The molecular weight excluding hydrogens is 423 g/mol. The number of hydrogen-bond donors (Lipinski definition) is 1. The molecule has 2 heterocycles. The normalized spacial score (nSPS) is 18.0. The van der Waals surface area contributed by atoms with Crippen molar-refractivity contribution in [2.75, 3.05) is 50.7 Å². The fraction of sp³-hybridized carbons (Fsp3) is 0.333. The number of nitrogens with one attached hydrogen (secondary N) is 1. The fourth-order valence-electron chi connectivity index (χ4n) is 3.74. The Morgan fingerprint density at radius 2 is 1.55 bits per heavy atom. The maximum absolute atomic E-state index is 13.1. The quantitative estimate of drug-likeness (QED) is 0.754. The maximum atomic E-state index is 13.1. The molecule has 0 spiro atoms. The Morgan fingerprint density at radius 1 is 0.903 bits per heavy atom. The molecule has 2 saturated heterocycles. The molecule has 0 atom stereocenters. The summed E-state index contributed by atoms with van der Waals surface area (Å²) in [6.07, 6.45) is 0. The van der Waals surface area contributed by atoms with Gasteiger partial charge in [-0.25, -0.2) is 12.8 Å². The zero-order valence-electron chi connectivity index (χ0n) is 16.8. The molecule has 2 aliphatic heterocycles. The van der Waals surface area contributed by atoms with Crippen LogP contribution in [0.25, 0.3) is 0 Å². The first-order valence-electron chi connectivity index (χ1n) is 10.0. The van der Waals surface area contributed by atoms with Gasteiger partial charge in [0.25, 0.3) is 5.91 Å². The van der Waals surface area contributed by atoms with E-state index in [1.807, 2.05) is 0 Å². The Balaban J connectivity index is 1.39. The summed E-state index contributed by atoms with van der Waals surface area (Å²) in [6, 6.07) is 12.1. The van der Waals surface area contributed by atoms with Crippen molar-refractivity contribution in [3.63, 3.8) is 0 Å². The first kappa shape index (κ1) is 21.3. The van der Waals surface area contributed by atoms with Crippen molar-refractivity contribution >= 4 is 27.5 Å². The van der Waals surface area contributed by atoms with E-state index in [-0.39, 0.29) is 42.2 Å². The molecule has 0 aromatic heterocycles. The molecule has 2 fully saturated rings. The topological polar surface area (TPSA) is 90.0 Å². The molecule has 1 N–H and O–H groups in total. The summed E-state index contributed by atoms with van der Waals surface area (Å²) in [6.45, 7) is 2.56. The van der Waals surface area contributed by atoms with E-state index in [1.54, 1.807) is 17.0 Å². The molecule has 2 aromatic rings. The number of carbonyl (C=O) groups excluding carboxylic acids is 2. The molecule has 0 saturated carbocycles. The molecule has 8 nitrogen and oxygen atoms in total. The van der Waals surface area contributed by atoms with Crippen molar-refractivity contribution in [3.8, 4) is 0 Å². The standard InChI is InChI=1S/C21H23FN4O4S/c22-17-3-5-18(6-4-17)24-11-13-25(14-12-24)21(28)16-1-7-19(8-2-16)31(29,30)26-10-9-23-20(27)15-26/h1-8H,9-15H2,(H,23,27). The zero-order valence-corrected chi connectivity index (χ0v) is 17.6. The Morgan fingerprint density at radius 3 is 2.16 bits per heavy atom. The summed E-state index contributed by atoms with van der Waals surface area (Å²) >= 11 is 0. The molecule has 0 unspecified atom stereocenters. The molecule has 0 radical (unpaired) electrons. The van der Waals surface area contributed by atoms with E-state index in [0.717, 1.165) is 9.99 Å². The van der Waals surface area contributed by atoms with E-state index < -0.39 is 10.0 Å². The van der Waals surface area contributed by atoms with Crippen LogP contribution in [0.4, 0.5) is 10.1 Å². The Labute approximate surface area is 180 Å². The van der Waals surface area contributed by atoms with E-state index in [4.69, 9.17) is 0 Å². The predicted octanol–water partition coefficient (Wildman–Crippen LogP) is 0.909. The van der Waals surface area contributed by atoms with Crippen LogP contribution in [-0.2, 0) is 14.8 Å². The van der Waals surface area contributed by atoms with Crippen molar-refractivity contribution in [2.24, 2.45) is 0 Å². The van der Waals surface area contributed by atoms with Crippen LogP contribution in [0.3, 0.4) is 0 Å². The van der Waals surface area contributed by atoms with Crippen molar-refractivity contribution in [1.82, 2.24) is 14.5 Å². The molecule has 2 aliphatic rings. The second-order valence-electron chi connectivity index (χ2n) is 7.47. The van der Waals surface area contributed by atoms with Gasteiger partial charge in [-0.05, 0) is 48.5 Å². The monoisotopic (exact) mass is 446 g/mol. The third kappa shape index (κ3) is 4.54. The second-order valence-corrected chi connectivity index (χ2v) is 9.41. The fourth-order valence-corrected chi connectivity index (χ4v) is 5.14. The summed E-state index contributed by atoms with van der Waals surface area (Å²) in [5, 5.41) is 2.60. The summed E-state index contributed by atoms with van der Waals surface area (Å²) < 4.78 is 39.7. The van der Waals surface area contributed by atoms with Crippen LogP contribution >= 0.6 is 0 Å². The Bertz CT molecular complexity index is 1070. The third-order valence-corrected chi connectivity index (χ3v) is 7.36. The Hall–Kier alpha value is -2.98. The lowest BCUT2D eigenvalue weighted by molar-refractivity contribution is -0.122. The van der Waals surface area contributed by atoms with Crippen molar-refractivity contribution in [1.29, 1.82) is 0 Å². The van der Waals surface area contributed by atoms with Crippen LogP contribution in [0.15, 0.2) is 53.4 Å². The highest BCUT2D eigenvalue weighted by molar-refractivity contribution is 7.89. The average Bonchev–Trinajstić information content (AvgIpc) is 2.79. The molecular formula is C21H23FN4O4S. The van der Waals surface area contributed by atoms with Crippen LogP contribution in [0.5, 0.6) is 0 Å². The minimum Gasteiger partial charge on any atom is -0.368 e. The number of anilines is 1. The van der Waals surface area contributed by atoms with Gasteiger partial charge in [0.15, 0.2) is 0 Å². The van der Waals surface area contributed by atoms with E-state index in [9.17, 15) is 22.4 Å². The number of piperazine rings is 2. The SMILES string of the molecule is O=C1CN(S(=O)(=O)c2ccc(C(=O)N3CCN(c4ccc(F)cc4)CC3)cc2)CCN1. The average molecular weight is 447 g/mol. The zero-order chi connectivity index (χ0) is 22.0. The van der Waals surface area contributed by atoms with Gasteiger partial charge in [0.1, 0.15) is 5.82 Å². The number of rotatable bonds is 4. The van der Waals surface area contributed by atoms with Crippen LogP contribution in [0, 0.1) is 5.82 Å². The van der Waals surface area contributed by atoms with Crippen LogP contribution in [-0.4, -0.2) is 75.3 Å². The molecule has 164 valence electrons. The number of halogens is 1. The van der Waals surface area contributed by atoms with E-state index in [2.05, 4.69) is 10.2 Å². The van der Waals surface area contributed by atoms with Gasteiger partial charge in [0.05, 0.1) is 11.4 Å². The largest absolute Gasteiger partial charge is 0.368 e. The number of hydrogen-bond acceptors (Lipinski definition) is 5. The minimum absolute atomic E-state index is 0.0554. The maximum Gasteiger partial charge on any atom is 0.253 e. The summed E-state index contributed by atoms with van der Waals surface area (Å²) in [4.78, 5) is 28.2. The number of amides is 2. The predicted molar refractivity (Wildman–Crippen MR) is 113 cm³/mol. The molecule has 31 heavy (non-hydrogen) atoms. The van der Waals surface area contributed by atoms with E-state index in [0.29, 0.717) is 31.7 Å². The lowest BCUT2D eigenvalue weighted by atomic mass is 10.1. The summed E-state index contributed by atoms with van der Waals surface area (Å²) in [7, 11) is -3.79. The van der Waals surface area contributed by atoms with Gasteiger partial charge in [-0.1, -0.05) is 0 Å². The van der Waals surface area contributed by atoms with E-state index in [1.165, 1.54) is 36.4 Å². The number of carbonyl (C=O) groups is 2. The first-order chi connectivity index (χ1) is 14.8. The first-order valence-corrected chi connectivity index (χ1v) is 11.5. The van der Waals surface area contributed by atoms with Crippen LogP contribution in [0.2, 0.25) is 0 Å². The minimum atomic E-state index is -3.79. The third-order valence-electron chi connectivity index (χ3n) is 5.50. The number of benzene rings is 2. The van der Waals surface area contributed by atoms with Crippen LogP contribution in [0.1, 0.15) is 10.4 Å². The van der Waals surface area contributed by atoms with Gasteiger partial charge in [-0.3, -0.25) is 9.59 Å². The molecule has 4 rings (SSSR count). The summed E-state index contributed by atoms with van der Waals surface area (Å²) in [5.41, 5.74) is 1.32. The molecule has 0 aliphatic carbocycles. The second kappa shape index (κ2) is 8.64. The van der Waals surface area contributed by atoms with Crippen LogP contribution < -0.4 is 10.2 Å². The smallest absolute Gasteiger partial charge is 0.253 e. The number of nitrogens with zero attached hydrogens (tertiary/aromatic N) is 3. The van der Waals surface area contributed by atoms with Crippen molar-refractivity contribution in [3.05, 3.63) is 59.9 Å². The lowest BCUT2D eigenvalue weighted by Gasteiger charge is -2.36. The number of sulfonamides is 1. The van der Waals surface area contributed by atoms with Gasteiger partial charge in [-0.2, -0.15) is 4.31 Å². The molecule has 10 heteroatoms. The molecule has 0 bridgehead atoms. The van der Waals surface area contributed by atoms with Gasteiger partial charge in [0.2, 0.25) is 15.9 Å². The molecule has 2 amide bonds. The van der Waals surface area contributed by atoms with Gasteiger partial charge < -0.3 is 15.1 Å². The highest BCUT2D eigenvalue weighted by Gasteiger charge is 2.29. The van der Waals surface area contributed by atoms with Crippen molar-refractivity contribution in [2.45, 2.75) is 4.90 Å². The summed E-state index contributed by atoms with van der Waals surface area (Å²) in [5.74, 6) is -0.784. The van der Waals surface area contributed by atoms with Gasteiger partial charge in [-0.15, -0.1) is 0 Å². The molecule has 2 aromatic carbocycles. The van der Waals surface area contributed by atoms with Gasteiger partial charge in [0, 0.05) is 50.5 Å².